The van der Waals surface area contributed by atoms with Gasteiger partial charge in [-0.1, -0.05) is 24.3 Å². The molecule has 172 valence electrons. The van der Waals surface area contributed by atoms with Crippen molar-refractivity contribution >= 4 is 5.91 Å². The van der Waals surface area contributed by atoms with Crippen molar-refractivity contribution in [1.29, 1.82) is 0 Å². The summed E-state index contributed by atoms with van der Waals surface area (Å²) in [4.78, 5) is 14.2. The first-order valence-electron chi connectivity index (χ1n) is 10.8. The van der Waals surface area contributed by atoms with Crippen molar-refractivity contribution in [2.75, 3.05) is 13.1 Å². The fourth-order valence-electron chi connectivity index (χ4n) is 4.80. The van der Waals surface area contributed by atoms with Crippen LogP contribution < -0.4 is 5.73 Å². The lowest BCUT2D eigenvalue weighted by atomic mass is 9.82. The van der Waals surface area contributed by atoms with Crippen LogP contribution in [0.25, 0.3) is 5.69 Å². The second kappa shape index (κ2) is 8.00. The molecule has 0 saturated carbocycles. The minimum atomic E-state index is -4.47. The van der Waals surface area contributed by atoms with E-state index in [1.807, 2.05) is 47.4 Å². The lowest BCUT2D eigenvalue weighted by Gasteiger charge is -2.39. The Balaban J connectivity index is 1.33. The highest BCUT2D eigenvalue weighted by Crippen LogP contribution is 2.50. The quantitative estimate of drug-likeness (QED) is 0.646. The van der Waals surface area contributed by atoms with Gasteiger partial charge in [-0.3, -0.25) is 9.69 Å². The van der Waals surface area contributed by atoms with Crippen LogP contribution in [0.4, 0.5) is 13.2 Å². The molecular weight excluding hydrogens is 433 g/mol. The molecule has 3 aromatic rings. The van der Waals surface area contributed by atoms with Crippen molar-refractivity contribution in [1.82, 2.24) is 14.7 Å². The van der Waals surface area contributed by atoms with Crippen molar-refractivity contribution in [3.05, 3.63) is 83.2 Å². The van der Waals surface area contributed by atoms with E-state index in [-0.39, 0.29) is 0 Å². The van der Waals surface area contributed by atoms with E-state index in [1.54, 1.807) is 0 Å². The Bertz CT molecular complexity index is 1170. The number of amides is 1. The van der Waals surface area contributed by atoms with E-state index in [0.717, 1.165) is 23.4 Å². The maximum atomic E-state index is 13.3. The SMILES string of the molecule is NC(=O)C1OC2(CCN(Cc3cnn(-c4ccccc4)c3)CC2)c2cc(C(F)(F)F)ccc21. The third-order valence-corrected chi connectivity index (χ3v) is 6.48. The molecule has 2 aliphatic heterocycles. The van der Waals surface area contributed by atoms with Gasteiger partial charge >= 0.3 is 6.18 Å². The van der Waals surface area contributed by atoms with Crippen LogP contribution in [0.2, 0.25) is 0 Å². The number of ether oxygens (including phenoxy) is 1. The highest BCUT2D eigenvalue weighted by molar-refractivity contribution is 5.82. The number of nitrogens with zero attached hydrogens (tertiary/aromatic N) is 3. The molecule has 2 aliphatic rings. The Morgan fingerprint density at radius 1 is 1.15 bits per heavy atom. The van der Waals surface area contributed by atoms with E-state index in [2.05, 4.69) is 10.00 Å². The molecule has 1 fully saturated rings. The fraction of sp³-hybridized carbons (Fsp3) is 0.333. The van der Waals surface area contributed by atoms with Crippen LogP contribution >= 0.6 is 0 Å². The molecule has 3 heterocycles. The lowest BCUT2D eigenvalue weighted by Crippen LogP contribution is -2.42. The highest BCUT2D eigenvalue weighted by Gasteiger charge is 2.49. The third kappa shape index (κ3) is 4.02. The van der Waals surface area contributed by atoms with Crippen molar-refractivity contribution < 1.29 is 22.7 Å². The zero-order chi connectivity index (χ0) is 23.2. The number of nitrogens with two attached hydrogens (primary N) is 1. The highest BCUT2D eigenvalue weighted by atomic mass is 19.4. The predicted molar refractivity (Wildman–Crippen MR) is 114 cm³/mol. The number of rotatable bonds is 4. The fourth-order valence-corrected chi connectivity index (χ4v) is 4.80. The summed E-state index contributed by atoms with van der Waals surface area (Å²) in [5.74, 6) is -0.691. The topological polar surface area (TPSA) is 73.4 Å². The molecule has 5 rings (SSSR count). The van der Waals surface area contributed by atoms with Crippen LogP contribution in [0.5, 0.6) is 0 Å². The van der Waals surface area contributed by atoms with Gasteiger partial charge < -0.3 is 10.5 Å². The summed E-state index contributed by atoms with van der Waals surface area (Å²) >= 11 is 0. The number of para-hydroxylation sites is 1. The number of halogens is 3. The minimum absolute atomic E-state index is 0.428. The van der Waals surface area contributed by atoms with Gasteiger partial charge in [-0.25, -0.2) is 4.68 Å². The third-order valence-electron chi connectivity index (χ3n) is 6.48. The van der Waals surface area contributed by atoms with Gasteiger partial charge in [0.1, 0.15) is 0 Å². The average molecular weight is 456 g/mol. The van der Waals surface area contributed by atoms with Crippen molar-refractivity contribution in [2.45, 2.75) is 37.3 Å². The Labute approximate surface area is 188 Å². The van der Waals surface area contributed by atoms with Gasteiger partial charge in [0.2, 0.25) is 0 Å². The molecule has 0 bridgehead atoms. The molecule has 2 aromatic carbocycles. The molecule has 1 aromatic heterocycles. The van der Waals surface area contributed by atoms with E-state index in [0.29, 0.717) is 43.6 Å². The van der Waals surface area contributed by atoms with Crippen LogP contribution in [0.15, 0.2) is 60.9 Å². The number of aromatic nitrogens is 2. The molecule has 1 saturated heterocycles. The molecule has 0 radical (unpaired) electrons. The standard InChI is InChI=1S/C24H23F3N4O2/c25-24(26,27)17-6-7-19-20(12-17)23(33-21(19)22(28)32)8-10-30(11-9-23)14-16-13-29-31(15-16)18-4-2-1-3-5-18/h1-7,12-13,15,21H,8-11,14H2,(H2,28,32). The number of primary amides is 1. The maximum Gasteiger partial charge on any atom is 0.416 e. The van der Waals surface area contributed by atoms with Crippen LogP contribution in [-0.4, -0.2) is 33.7 Å². The Hall–Kier alpha value is -3.17. The smallest absolute Gasteiger partial charge is 0.367 e. The lowest BCUT2D eigenvalue weighted by molar-refractivity contribution is -0.148. The summed E-state index contributed by atoms with van der Waals surface area (Å²) in [5.41, 5.74) is 6.68. The molecule has 1 atom stereocenters. The monoisotopic (exact) mass is 456 g/mol. The molecular formula is C24H23F3N4O2. The number of carbonyl (C=O) groups is 1. The number of carbonyl (C=O) groups excluding carboxylic acids is 1. The van der Waals surface area contributed by atoms with Crippen molar-refractivity contribution in [3.63, 3.8) is 0 Å². The summed E-state index contributed by atoms with van der Waals surface area (Å²) in [6.07, 6.45) is -0.772. The number of hydrogen-bond acceptors (Lipinski definition) is 4. The second-order valence-corrected chi connectivity index (χ2v) is 8.60. The number of piperidine rings is 1. The molecule has 2 N–H and O–H groups in total. The van der Waals surface area contributed by atoms with Gasteiger partial charge in [-0.2, -0.15) is 18.3 Å². The normalized spacial score (nSPS) is 20.2. The number of fused-ring (bicyclic) bond motifs is 2. The molecule has 1 amide bonds. The number of alkyl halides is 3. The van der Waals surface area contributed by atoms with Gasteiger partial charge in [0.05, 0.1) is 23.0 Å². The van der Waals surface area contributed by atoms with Gasteiger partial charge in [0.15, 0.2) is 6.10 Å². The first-order chi connectivity index (χ1) is 15.7. The van der Waals surface area contributed by atoms with Gasteiger partial charge in [-0.15, -0.1) is 0 Å². The van der Waals surface area contributed by atoms with Crippen LogP contribution in [0.1, 0.15) is 41.2 Å². The Kier molecular flexibility index (Phi) is 5.25. The van der Waals surface area contributed by atoms with E-state index in [4.69, 9.17) is 10.5 Å². The van der Waals surface area contributed by atoms with Crippen molar-refractivity contribution in [2.24, 2.45) is 5.73 Å². The Morgan fingerprint density at radius 3 is 2.55 bits per heavy atom. The zero-order valence-corrected chi connectivity index (χ0v) is 17.8. The van der Waals surface area contributed by atoms with E-state index in [9.17, 15) is 18.0 Å². The number of hydrogen-bond donors (Lipinski definition) is 1. The summed E-state index contributed by atoms with van der Waals surface area (Å²) in [6.45, 7) is 1.88. The summed E-state index contributed by atoms with van der Waals surface area (Å²) in [5, 5.41) is 4.42. The first kappa shape index (κ1) is 21.7. The largest absolute Gasteiger partial charge is 0.416 e. The van der Waals surface area contributed by atoms with E-state index < -0.39 is 29.4 Å². The van der Waals surface area contributed by atoms with Gasteiger partial charge in [0, 0.05) is 31.4 Å². The summed E-state index contributed by atoms with van der Waals surface area (Å²) < 4.78 is 47.9. The van der Waals surface area contributed by atoms with Crippen LogP contribution in [0.3, 0.4) is 0 Å². The molecule has 1 spiro atoms. The van der Waals surface area contributed by atoms with Crippen LogP contribution in [0, 0.1) is 0 Å². The molecule has 9 heteroatoms. The second-order valence-electron chi connectivity index (χ2n) is 8.60. The predicted octanol–water partition coefficient (Wildman–Crippen LogP) is 3.94. The van der Waals surface area contributed by atoms with Gasteiger partial charge in [-0.05, 0) is 48.2 Å². The maximum absolute atomic E-state index is 13.3. The number of likely N-dealkylation sites (tertiary alicyclic amines) is 1. The van der Waals surface area contributed by atoms with E-state index in [1.165, 1.54) is 6.07 Å². The Morgan fingerprint density at radius 2 is 1.88 bits per heavy atom. The molecule has 33 heavy (non-hydrogen) atoms. The molecule has 6 nitrogen and oxygen atoms in total. The average Bonchev–Trinajstić information content (AvgIpc) is 3.39. The van der Waals surface area contributed by atoms with E-state index >= 15 is 0 Å². The zero-order valence-electron chi connectivity index (χ0n) is 17.8. The van der Waals surface area contributed by atoms with Gasteiger partial charge in [0.25, 0.3) is 5.91 Å². The molecule has 0 aliphatic carbocycles. The molecule has 1 unspecified atom stereocenters. The summed E-state index contributed by atoms with van der Waals surface area (Å²) in [6, 6.07) is 13.2. The summed E-state index contributed by atoms with van der Waals surface area (Å²) in [7, 11) is 0. The first-order valence-corrected chi connectivity index (χ1v) is 10.8. The van der Waals surface area contributed by atoms with Crippen LogP contribution in [-0.2, 0) is 27.9 Å². The minimum Gasteiger partial charge on any atom is -0.367 e. The van der Waals surface area contributed by atoms with Crippen molar-refractivity contribution in [3.8, 4) is 5.69 Å². The number of benzene rings is 2.